The maximum atomic E-state index is 14.4. The summed E-state index contributed by atoms with van der Waals surface area (Å²) in [6.45, 7) is 2.29. The third-order valence-corrected chi connectivity index (χ3v) is 9.37. The van der Waals surface area contributed by atoms with Crippen molar-refractivity contribution in [1.29, 1.82) is 0 Å². The number of nitrogens with two attached hydrogens (primary N) is 1. The Balaban J connectivity index is 2.04. The van der Waals surface area contributed by atoms with Crippen LogP contribution in [0.2, 0.25) is 0 Å². The van der Waals surface area contributed by atoms with Crippen molar-refractivity contribution in [3.8, 4) is 5.75 Å². The van der Waals surface area contributed by atoms with Crippen LogP contribution in [0.1, 0.15) is 30.4 Å². The average molecular weight is 604 g/mol. The summed E-state index contributed by atoms with van der Waals surface area (Å²) >= 11 is 1.54. The molecule has 0 spiro atoms. The van der Waals surface area contributed by atoms with E-state index in [0.29, 0.717) is 17.1 Å². The van der Waals surface area contributed by atoms with E-state index in [1.54, 1.807) is 30.8 Å². The number of aromatic hydroxyl groups is 1. The minimum absolute atomic E-state index is 0.0208. The number of primary amides is 1. The lowest BCUT2D eigenvalue weighted by Gasteiger charge is -2.54. The number of hydrogen-bond donors (Lipinski definition) is 5. The molecule has 3 aliphatic rings. The van der Waals surface area contributed by atoms with E-state index in [1.165, 1.54) is 25.1 Å². The fraction of sp³-hybridized carbons (Fsp3) is 0.517. The van der Waals surface area contributed by atoms with Crippen molar-refractivity contribution >= 4 is 41.0 Å². The molecule has 42 heavy (non-hydrogen) atoms. The standard InChI is InChI=1S/C29H37N3O9S/c1-6-16(34)41-25-18-14(12-42-11-10-31(2)3)13-8-7-9-15(33)17(13)23(35)19(18)26(37)29(40)21(25)22(32(4)5)24(36)20(27(29)38)28(30)39/h7-9,14,18,21-22,25,33,35,38,40H,6,10-12H2,1-5H3,(H2,30,39)/t14-,18-,21+,22-,25-,29+/m1/s1. The van der Waals surface area contributed by atoms with Crippen LogP contribution in [0.25, 0.3) is 5.76 Å². The number of carbonyl (C=O) groups excluding carboxylic acids is 4. The van der Waals surface area contributed by atoms with Crippen molar-refractivity contribution in [3.63, 3.8) is 0 Å². The maximum Gasteiger partial charge on any atom is 0.305 e. The average Bonchev–Trinajstić information content (AvgIpc) is 2.90. The minimum atomic E-state index is -2.96. The monoisotopic (exact) mass is 603 g/mol. The number of phenols is 1. The molecule has 1 amide bonds. The molecule has 1 saturated carbocycles. The summed E-state index contributed by atoms with van der Waals surface area (Å²) < 4.78 is 5.93. The number of carbonyl (C=O) groups is 4. The molecule has 0 unspecified atom stereocenters. The van der Waals surface area contributed by atoms with Crippen LogP contribution in [0.15, 0.2) is 35.1 Å². The van der Waals surface area contributed by atoms with Gasteiger partial charge in [0.1, 0.15) is 28.9 Å². The number of esters is 1. The molecule has 12 nitrogen and oxygen atoms in total. The van der Waals surface area contributed by atoms with Gasteiger partial charge in [0.2, 0.25) is 5.78 Å². The van der Waals surface area contributed by atoms with Gasteiger partial charge in [0.25, 0.3) is 5.91 Å². The largest absolute Gasteiger partial charge is 0.508 e. The predicted molar refractivity (Wildman–Crippen MR) is 155 cm³/mol. The van der Waals surface area contributed by atoms with Crippen LogP contribution in [0.5, 0.6) is 5.75 Å². The molecule has 228 valence electrons. The van der Waals surface area contributed by atoms with E-state index < -0.39 is 76.0 Å². The molecule has 0 bridgehead atoms. The van der Waals surface area contributed by atoms with Gasteiger partial charge in [-0.15, -0.1) is 0 Å². The number of benzene rings is 1. The van der Waals surface area contributed by atoms with Gasteiger partial charge in [0, 0.05) is 41.9 Å². The number of ether oxygens (including phenoxy) is 1. The molecular formula is C29H37N3O9S. The van der Waals surface area contributed by atoms with Crippen LogP contribution in [0.4, 0.5) is 0 Å². The van der Waals surface area contributed by atoms with Gasteiger partial charge in [-0.3, -0.25) is 24.1 Å². The molecule has 6 N–H and O–H groups in total. The van der Waals surface area contributed by atoms with E-state index in [9.17, 15) is 39.6 Å². The third kappa shape index (κ3) is 4.87. The summed E-state index contributed by atoms with van der Waals surface area (Å²) in [4.78, 5) is 56.6. The van der Waals surface area contributed by atoms with Crippen molar-refractivity contribution in [2.24, 2.45) is 17.6 Å². The van der Waals surface area contributed by atoms with E-state index in [1.807, 2.05) is 19.0 Å². The molecule has 0 saturated heterocycles. The molecule has 13 heteroatoms. The van der Waals surface area contributed by atoms with E-state index >= 15 is 0 Å². The first kappa shape index (κ1) is 31.5. The zero-order valence-electron chi connectivity index (χ0n) is 24.2. The Morgan fingerprint density at radius 1 is 1.12 bits per heavy atom. The number of phenolic OH excluding ortho intramolecular Hbond substituents is 1. The number of likely N-dealkylation sites (N-methyl/N-ethyl adjacent to an activating group) is 1. The molecule has 0 aromatic heterocycles. The Hall–Kier alpha value is -3.39. The van der Waals surface area contributed by atoms with Gasteiger partial charge in [-0.25, -0.2) is 0 Å². The van der Waals surface area contributed by atoms with E-state index in [0.717, 1.165) is 6.54 Å². The molecule has 0 radical (unpaired) electrons. The lowest BCUT2D eigenvalue weighted by molar-refractivity contribution is -0.185. The summed E-state index contributed by atoms with van der Waals surface area (Å²) in [7, 11) is 6.82. The van der Waals surface area contributed by atoms with Gasteiger partial charge in [-0.1, -0.05) is 19.1 Å². The van der Waals surface area contributed by atoms with Crippen molar-refractivity contribution in [1.82, 2.24) is 9.80 Å². The van der Waals surface area contributed by atoms with Gasteiger partial charge >= 0.3 is 5.97 Å². The summed E-state index contributed by atoms with van der Waals surface area (Å²) in [6.07, 6.45) is -1.50. The Kier molecular flexibility index (Phi) is 8.79. The highest BCUT2D eigenvalue weighted by molar-refractivity contribution is 7.99. The second-order valence-electron chi connectivity index (χ2n) is 11.3. The van der Waals surface area contributed by atoms with Gasteiger partial charge < -0.3 is 35.8 Å². The number of amides is 1. The number of thioether (sulfide) groups is 1. The van der Waals surface area contributed by atoms with E-state index in [4.69, 9.17) is 10.5 Å². The second-order valence-corrected chi connectivity index (χ2v) is 12.5. The molecular weight excluding hydrogens is 566 g/mol. The van der Waals surface area contributed by atoms with E-state index in [2.05, 4.69) is 0 Å². The van der Waals surface area contributed by atoms with Gasteiger partial charge in [-0.2, -0.15) is 11.8 Å². The number of Topliss-reactive ketones (excluding diaryl/α,β-unsaturated/α-hetero) is 2. The van der Waals surface area contributed by atoms with Crippen LogP contribution < -0.4 is 5.73 Å². The Morgan fingerprint density at radius 2 is 1.79 bits per heavy atom. The normalized spacial score (nSPS) is 29.0. The molecule has 0 aliphatic heterocycles. The van der Waals surface area contributed by atoms with Gasteiger partial charge in [0.15, 0.2) is 11.4 Å². The number of hydrogen-bond acceptors (Lipinski definition) is 12. The Labute approximate surface area is 247 Å². The Morgan fingerprint density at radius 3 is 2.36 bits per heavy atom. The van der Waals surface area contributed by atoms with Crippen LogP contribution in [-0.4, -0.2) is 118 Å². The SMILES string of the molecule is CCC(=O)O[C@@H]1[C@H]2C(=C(O)c3c(O)cccc3[C@H]2CSCCN(C)C)C(=O)[C@]2(O)C(O)=C(C(N)=O)C(=O)[C@H](N(C)C)[C@@H]12. The first-order valence-electron chi connectivity index (χ1n) is 13.6. The zero-order valence-corrected chi connectivity index (χ0v) is 25.0. The summed E-state index contributed by atoms with van der Waals surface area (Å²) in [5.74, 6) is -8.61. The summed E-state index contributed by atoms with van der Waals surface area (Å²) in [6, 6.07) is 3.22. The molecule has 3 aliphatic carbocycles. The van der Waals surface area contributed by atoms with Crippen molar-refractivity contribution in [2.75, 3.05) is 46.2 Å². The fourth-order valence-corrected chi connectivity index (χ4v) is 7.70. The number of ketones is 2. The molecule has 4 rings (SSSR count). The molecule has 1 aromatic rings. The highest BCUT2D eigenvalue weighted by atomic mass is 32.2. The lowest BCUT2D eigenvalue weighted by Crippen LogP contribution is -2.71. The third-order valence-electron chi connectivity index (χ3n) is 8.31. The number of nitrogens with zero attached hydrogens (tertiary/aromatic N) is 2. The first-order chi connectivity index (χ1) is 19.7. The van der Waals surface area contributed by atoms with Gasteiger partial charge in [-0.05, 0) is 39.8 Å². The van der Waals surface area contributed by atoms with Crippen molar-refractivity contribution in [2.45, 2.75) is 37.0 Å². The highest BCUT2D eigenvalue weighted by Gasteiger charge is 2.69. The smallest absolute Gasteiger partial charge is 0.305 e. The Bertz CT molecular complexity index is 1390. The molecule has 1 aromatic carbocycles. The van der Waals surface area contributed by atoms with Crippen LogP contribution in [0.3, 0.4) is 0 Å². The summed E-state index contributed by atoms with van der Waals surface area (Å²) in [5.41, 5.74) is 1.61. The zero-order chi connectivity index (χ0) is 31.3. The number of fused-ring (bicyclic) bond motifs is 3. The first-order valence-corrected chi connectivity index (χ1v) is 14.7. The van der Waals surface area contributed by atoms with Gasteiger partial charge in [0.05, 0.1) is 17.5 Å². The highest BCUT2D eigenvalue weighted by Crippen LogP contribution is 2.57. The van der Waals surface area contributed by atoms with Crippen molar-refractivity contribution in [3.05, 3.63) is 46.2 Å². The van der Waals surface area contributed by atoms with Crippen LogP contribution >= 0.6 is 11.8 Å². The summed E-state index contributed by atoms with van der Waals surface area (Å²) in [5, 5.41) is 45.7. The minimum Gasteiger partial charge on any atom is -0.508 e. The number of aliphatic hydroxyl groups excluding tert-OH is 2. The molecule has 1 fully saturated rings. The van der Waals surface area contributed by atoms with Crippen molar-refractivity contribution < 1.29 is 44.3 Å². The van der Waals surface area contributed by atoms with Crippen LogP contribution in [-0.2, 0) is 23.9 Å². The molecule has 6 atom stereocenters. The predicted octanol–water partition coefficient (Wildman–Crippen LogP) is 0.732. The second kappa shape index (κ2) is 11.7. The number of rotatable bonds is 9. The number of aliphatic hydroxyl groups is 3. The lowest BCUT2D eigenvalue weighted by atomic mass is 9.54. The fourth-order valence-electron chi connectivity index (χ4n) is 6.40. The topological polar surface area (TPSA) is 191 Å². The van der Waals surface area contributed by atoms with E-state index in [-0.39, 0.29) is 23.3 Å². The quantitative estimate of drug-likeness (QED) is 0.151. The van der Waals surface area contributed by atoms with Crippen LogP contribution in [0, 0.1) is 11.8 Å². The maximum absolute atomic E-state index is 14.4. The molecule has 0 heterocycles.